The Labute approximate surface area is 124 Å². The van der Waals surface area contributed by atoms with Crippen molar-refractivity contribution in [2.45, 2.75) is 6.61 Å². The fourth-order valence-electron chi connectivity index (χ4n) is 1.72. The van der Waals surface area contributed by atoms with E-state index in [4.69, 9.17) is 9.26 Å². The van der Waals surface area contributed by atoms with Gasteiger partial charge in [-0.05, 0) is 24.3 Å². The van der Waals surface area contributed by atoms with Crippen molar-refractivity contribution < 1.29 is 9.26 Å². The Bertz CT molecular complexity index is 698. The van der Waals surface area contributed by atoms with Crippen LogP contribution in [0.3, 0.4) is 0 Å². The van der Waals surface area contributed by atoms with E-state index in [1.807, 2.05) is 54.6 Å². The van der Waals surface area contributed by atoms with E-state index in [0.29, 0.717) is 11.7 Å². The lowest BCUT2D eigenvalue weighted by molar-refractivity contribution is 0.243. The van der Waals surface area contributed by atoms with E-state index in [2.05, 4.69) is 26.1 Å². The van der Waals surface area contributed by atoms with E-state index < -0.39 is 0 Å². The van der Waals surface area contributed by atoms with Gasteiger partial charge in [-0.2, -0.15) is 4.98 Å². The SMILES string of the molecule is Brc1cccc(-c2noc(COc3ccccc3)n2)c1. The third-order valence-corrected chi connectivity index (χ3v) is 3.15. The second-order valence-electron chi connectivity index (χ2n) is 4.12. The van der Waals surface area contributed by atoms with Crippen molar-refractivity contribution in [2.24, 2.45) is 0 Å². The fraction of sp³-hybridized carbons (Fsp3) is 0.0667. The average molecular weight is 331 g/mol. The van der Waals surface area contributed by atoms with Crippen molar-refractivity contribution >= 4 is 15.9 Å². The summed E-state index contributed by atoms with van der Waals surface area (Å²) in [6, 6.07) is 17.3. The zero-order valence-electron chi connectivity index (χ0n) is 10.5. The van der Waals surface area contributed by atoms with Crippen LogP contribution in [0.2, 0.25) is 0 Å². The molecule has 4 nitrogen and oxygen atoms in total. The van der Waals surface area contributed by atoms with E-state index in [9.17, 15) is 0 Å². The molecule has 0 aliphatic heterocycles. The minimum atomic E-state index is 0.255. The van der Waals surface area contributed by atoms with E-state index in [1.54, 1.807) is 0 Å². The lowest BCUT2D eigenvalue weighted by Crippen LogP contribution is -1.95. The van der Waals surface area contributed by atoms with Crippen LogP contribution in [-0.4, -0.2) is 10.1 Å². The molecule has 0 fully saturated rings. The van der Waals surface area contributed by atoms with Crippen LogP contribution >= 0.6 is 15.9 Å². The van der Waals surface area contributed by atoms with Crippen LogP contribution in [0.5, 0.6) is 5.75 Å². The molecule has 3 aromatic rings. The lowest BCUT2D eigenvalue weighted by atomic mass is 10.2. The van der Waals surface area contributed by atoms with Gasteiger partial charge in [0.25, 0.3) is 5.89 Å². The molecule has 0 radical (unpaired) electrons. The number of para-hydroxylation sites is 1. The average Bonchev–Trinajstić information content (AvgIpc) is 2.95. The lowest BCUT2D eigenvalue weighted by Gasteiger charge is -2.01. The highest BCUT2D eigenvalue weighted by Crippen LogP contribution is 2.20. The Morgan fingerprint density at radius 2 is 1.90 bits per heavy atom. The Balaban J connectivity index is 1.71. The summed E-state index contributed by atoms with van der Waals surface area (Å²) in [7, 11) is 0. The van der Waals surface area contributed by atoms with Gasteiger partial charge in [-0.1, -0.05) is 51.4 Å². The molecule has 2 aromatic carbocycles. The smallest absolute Gasteiger partial charge is 0.264 e. The molecule has 100 valence electrons. The molecule has 0 aliphatic rings. The maximum atomic E-state index is 5.56. The maximum absolute atomic E-state index is 5.56. The molecule has 0 unspecified atom stereocenters. The van der Waals surface area contributed by atoms with Crippen molar-refractivity contribution in [2.75, 3.05) is 0 Å². The van der Waals surface area contributed by atoms with Crippen LogP contribution in [0.1, 0.15) is 5.89 Å². The Kier molecular flexibility index (Phi) is 3.78. The summed E-state index contributed by atoms with van der Waals surface area (Å²) < 4.78 is 11.7. The molecule has 0 amide bonds. The molecule has 0 saturated heterocycles. The monoisotopic (exact) mass is 330 g/mol. The number of nitrogens with zero attached hydrogens (tertiary/aromatic N) is 2. The Morgan fingerprint density at radius 3 is 2.70 bits per heavy atom. The van der Waals surface area contributed by atoms with E-state index >= 15 is 0 Å². The quantitative estimate of drug-likeness (QED) is 0.723. The molecule has 0 atom stereocenters. The van der Waals surface area contributed by atoms with Gasteiger partial charge >= 0.3 is 0 Å². The van der Waals surface area contributed by atoms with Crippen molar-refractivity contribution in [1.29, 1.82) is 0 Å². The molecular formula is C15H11BrN2O2. The molecule has 0 spiro atoms. The maximum Gasteiger partial charge on any atom is 0.264 e. The number of rotatable bonds is 4. The summed E-state index contributed by atoms with van der Waals surface area (Å²) in [4.78, 5) is 4.31. The summed E-state index contributed by atoms with van der Waals surface area (Å²) in [6.45, 7) is 0.255. The van der Waals surface area contributed by atoms with Gasteiger partial charge in [0.1, 0.15) is 5.75 Å². The zero-order chi connectivity index (χ0) is 13.8. The largest absolute Gasteiger partial charge is 0.484 e. The minimum absolute atomic E-state index is 0.255. The number of ether oxygens (including phenoxy) is 1. The predicted molar refractivity (Wildman–Crippen MR) is 78.2 cm³/mol. The summed E-state index contributed by atoms with van der Waals surface area (Å²) in [5.41, 5.74) is 0.897. The van der Waals surface area contributed by atoms with Crippen LogP contribution in [0, 0.1) is 0 Å². The van der Waals surface area contributed by atoms with E-state index in [-0.39, 0.29) is 6.61 Å². The molecule has 20 heavy (non-hydrogen) atoms. The van der Waals surface area contributed by atoms with Crippen LogP contribution in [0.25, 0.3) is 11.4 Å². The van der Waals surface area contributed by atoms with Crippen LogP contribution in [0.15, 0.2) is 63.6 Å². The first-order valence-corrected chi connectivity index (χ1v) is 6.87. The van der Waals surface area contributed by atoms with Crippen LogP contribution in [0.4, 0.5) is 0 Å². The molecule has 0 saturated carbocycles. The standard InChI is InChI=1S/C15H11BrN2O2/c16-12-6-4-5-11(9-12)15-17-14(20-18-15)10-19-13-7-2-1-3-8-13/h1-9H,10H2. The molecule has 1 heterocycles. The minimum Gasteiger partial charge on any atom is -0.484 e. The third-order valence-electron chi connectivity index (χ3n) is 2.66. The molecule has 5 heteroatoms. The highest BCUT2D eigenvalue weighted by molar-refractivity contribution is 9.10. The number of aromatic nitrogens is 2. The fourth-order valence-corrected chi connectivity index (χ4v) is 2.12. The van der Waals surface area contributed by atoms with Crippen LogP contribution < -0.4 is 4.74 Å². The zero-order valence-corrected chi connectivity index (χ0v) is 12.1. The number of hydrogen-bond donors (Lipinski definition) is 0. The number of halogens is 1. The van der Waals surface area contributed by atoms with Gasteiger partial charge in [0.2, 0.25) is 5.82 Å². The summed E-state index contributed by atoms with van der Waals surface area (Å²) >= 11 is 3.42. The summed E-state index contributed by atoms with van der Waals surface area (Å²) in [5.74, 6) is 1.77. The van der Waals surface area contributed by atoms with Gasteiger partial charge in [0, 0.05) is 10.0 Å². The summed E-state index contributed by atoms with van der Waals surface area (Å²) in [5, 5.41) is 3.95. The topological polar surface area (TPSA) is 48.2 Å². The van der Waals surface area contributed by atoms with Crippen molar-refractivity contribution in [3.63, 3.8) is 0 Å². The van der Waals surface area contributed by atoms with Gasteiger partial charge in [-0.25, -0.2) is 0 Å². The second-order valence-corrected chi connectivity index (χ2v) is 5.04. The van der Waals surface area contributed by atoms with Crippen molar-refractivity contribution in [1.82, 2.24) is 10.1 Å². The van der Waals surface area contributed by atoms with Gasteiger partial charge in [0.15, 0.2) is 6.61 Å². The predicted octanol–water partition coefficient (Wildman–Crippen LogP) is 4.08. The Morgan fingerprint density at radius 1 is 1.05 bits per heavy atom. The highest BCUT2D eigenvalue weighted by atomic mass is 79.9. The second kappa shape index (κ2) is 5.88. The van der Waals surface area contributed by atoms with Crippen LogP contribution in [-0.2, 0) is 6.61 Å². The molecule has 1 aromatic heterocycles. The molecule has 0 bridgehead atoms. The molecule has 0 N–H and O–H groups in total. The van der Waals surface area contributed by atoms with Gasteiger partial charge in [0.05, 0.1) is 0 Å². The third kappa shape index (κ3) is 3.05. The number of hydrogen-bond acceptors (Lipinski definition) is 4. The first kappa shape index (κ1) is 12.9. The first-order chi connectivity index (χ1) is 9.81. The van der Waals surface area contributed by atoms with E-state index in [1.165, 1.54) is 0 Å². The van der Waals surface area contributed by atoms with Gasteiger partial charge in [-0.3, -0.25) is 0 Å². The van der Waals surface area contributed by atoms with E-state index in [0.717, 1.165) is 15.8 Å². The molecule has 3 rings (SSSR count). The van der Waals surface area contributed by atoms with Crippen molar-refractivity contribution in [3.8, 4) is 17.1 Å². The molecule has 0 aliphatic carbocycles. The normalized spacial score (nSPS) is 10.4. The first-order valence-electron chi connectivity index (χ1n) is 6.07. The number of benzene rings is 2. The molecular weight excluding hydrogens is 320 g/mol. The van der Waals surface area contributed by atoms with Gasteiger partial charge in [-0.15, -0.1) is 0 Å². The van der Waals surface area contributed by atoms with Crippen molar-refractivity contribution in [3.05, 3.63) is 65.0 Å². The highest BCUT2D eigenvalue weighted by Gasteiger charge is 2.09. The Hall–Kier alpha value is -2.14. The van der Waals surface area contributed by atoms with Gasteiger partial charge < -0.3 is 9.26 Å². The summed E-state index contributed by atoms with van der Waals surface area (Å²) in [6.07, 6.45) is 0.